The summed E-state index contributed by atoms with van der Waals surface area (Å²) < 4.78 is 0. The highest BCUT2D eigenvalue weighted by Gasteiger charge is 2.09. The van der Waals surface area contributed by atoms with E-state index < -0.39 is 0 Å². The normalized spacial score (nSPS) is 10.2. The topological polar surface area (TPSA) is 230 Å². The highest BCUT2D eigenvalue weighted by molar-refractivity contribution is 5.94. The van der Waals surface area contributed by atoms with Crippen LogP contribution < -0.4 is 33.6 Å². The van der Waals surface area contributed by atoms with Gasteiger partial charge in [-0.05, 0) is 25.9 Å². The predicted molar refractivity (Wildman–Crippen MR) is 96.0 cm³/mol. The number of nitrogens with zero attached hydrogens (tertiary/aromatic N) is 2. The van der Waals surface area contributed by atoms with Crippen LogP contribution in [0.2, 0.25) is 0 Å². The number of guanidine groups is 4. The van der Waals surface area contributed by atoms with Crippen molar-refractivity contribution in [3.8, 4) is 0 Å². The fourth-order valence-corrected chi connectivity index (χ4v) is 1.89. The summed E-state index contributed by atoms with van der Waals surface area (Å²) in [5.41, 5.74) is 21.3. The summed E-state index contributed by atoms with van der Waals surface area (Å²) in [6.45, 7) is 3.84. The summed E-state index contributed by atoms with van der Waals surface area (Å²) in [7, 11) is 0. The third-order valence-corrected chi connectivity index (χ3v) is 3.11. The van der Waals surface area contributed by atoms with E-state index in [1.165, 1.54) is 9.80 Å². The predicted octanol–water partition coefficient (Wildman–Crippen LogP) is -2.88. The highest BCUT2D eigenvalue weighted by atomic mass is 15.3. The van der Waals surface area contributed by atoms with Gasteiger partial charge in [-0.1, -0.05) is 0 Å². The van der Waals surface area contributed by atoms with Gasteiger partial charge in [0, 0.05) is 26.2 Å². The Morgan fingerprint density at radius 2 is 0.875 bits per heavy atom. The molecule has 0 aliphatic carbocycles. The van der Waals surface area contributed by atoms with Gasteiger partial charge >= 0.3 is 0 Å². The third-order valence-electron chi connectivity index (χ3n) is 3.11. The largest absolute Gasteiger partial charge is 0.370 e. The van der Waals surface area contributed by atoms with Crippen molar-refractivity contribution in [3.05, 3.63) is 0 Å². The van der Waals surface area contributed by atoms with Crippen LogP contribution in [0.15, 0.2) is 0 Å². The van der Waals surface area contributed by atoms with Gasteiger partial charge in [-0.25, -0.2) is 0 Å². The molecular formula is C12H30N12. The van der Waals surface area contributed by atoms with Crippen LogP contribution >= 0.6 is 0 Å². The summed E-state index contributed by atoms with van der Waals surface area (Å²) >= 11 is 0. The van der Waals surface area contributed by atoms with E-state index in [0.29, 0.717) is 25.9 Å². The van der Waals surface area contributed by atoms with Crippen molar-refractivity contribution in [2.24, 2.45) is 22.9 Å². The second-order valence-corrected chi connectivity index (χ2v) is 5.05. The van der Waals surface area contributed by atoms with Crippen LogP contribution in [0.3, 0.4) is 0 Å². The third kappa shape index (κ3) is 9.42. The molecule has 0 aromatic carbocycles. The molecule has 0 saturated heterocycles. The van der Waals surface area contributed by atoms with Gasteiger partial charge < -0.3 is 33.6 Å². The molecule has 0 saturated carbocycles. The second kappa shape index (κ2) is 11.9. The number of nitrogens with two attached hydrogens (primary N) is 4. The van der Waals surface area contributed by atoms with Crippen molar-refractivity contribution >= 4 is 23.8 Å². The molecule has 0 spiro atoms. The Balaban J connectivity index is 3.58. The Morgan fingerprint density at radius 1 is 0.583 bits per heavy atom. The monoisotopic (exact) mass is 342 g/mol. The first kappa shape index (κ1) is 21.4. The van der Waals surface area contributed by atoms with Crippen molar-refractivity contribution in [2.75, 3.05) is 39.3 Å². The lowest BCUT2D eigenvalue weighted by molar-refractivity contribution is 0.510. The van der Waals surface area contributed by atoms with E-state index in [2.05, 4.69) is 10.6 Å². The van der Waals surface area contributed by atoms with E-state index in [0.717, 1.165) is 26.2 Å². The Hall–Kier alpha value is -2.60. The fourth-order valence-electron chi connectivity index (χ4n) is 1.89. The molecule has 0 amide bonds. The van der Waals surface area contributed by atoms with E-state index in [4.69, 9.17) is 44.6 Å². The molecule has 24 heavy (non-hydrogen) atoms. The fraction of sp³-hybridized carbons (Fsp3) is 0.667. The molecule has 0 rings (SSSR count). The van der Waals surface area contributed by atoms with Crippen molar-refractivity contribution in [2.45, 2.75) is 12.8 Å². The zero-order chi connectivity index (χ0) is 18.5. The molecule has 14 N–H and O–H groups in total. The molecule has 0 unspecified atom stereocenters. The highest BCUT2D eigenvalue weighted by Crippen LogP contribution is 1.89. The van der Waals surface area contributed by atoms with Crippen LogP contribution in [0, 0.1) is 21.6 Å². The maximum absolute atomic E-state index is 7.28. The van der Waals surface area contributed by atoms with Crippen LogP contribution in [0.1, 0.15) is 12.8 Å². The van der Waals surface area contributed by atoms with Crippen LogP contribution in [-0.2, 0) is 0 Å². The molecular weight excluding hydrogens is 312 g/mol. The molecule has 0 aromatic heterocycles. The van der Waals surface area contributed by atoms with Crippen LogP contribution in [-0.4, -0.2) is 72.9 Å². The van der Waals surface area contributed by atoms with E-state index in [-0.39, 0.29) is 23.8 Å². The molecule has 0 aliphatic rings. The van der Waals surface area contributed by atoms with E-state index in [1.54, 1.807) is 0 Å². The number of rotatable bonds is 11. The van der Waals surface area contributed by atoms with Crippen LogP contribution in [0.25, 0.3) is 0 Å². The molecule has 12 nitrogen and oxygen atoms in total. The first-order chi connectivity index (χ1) is 11.3. The Labute approximate surface area is 141 Å². The van der Waals surface area contributed by atoms with Gasteiger partial charge in [0.25, 0.3) is 0 Å². The van der Waals surface area contributed by atoms with Gasteiger partial charge in [0.15, 0.2) is 23.8 Å². The van der Waals surface area contributed by atoms with Gasteiger partial charge in [-0.15, -0.1) is 0 Å². The van der Waals surface area contributed by atoms with Gasteiger partial charge in [-0.2, -0.15) is 0 Å². The first-order valence-corrected chi connectivity index (χ1v) is 7.60. The van der Waals surface area contributed by atoms with Gasteiger partial charge in [0.1, 0.15) is 0 Å². The molecule has 12 heteroatoms. The number of nitrogens with one attached hydrogen (secondary N) is 6. The SMILES string of the molecule is N=C(N)N(CCCNCCNCCCN(C(=N)N)C(=N)N)C(=N)N. The summed E-state index contributed by atoms with van der Waals surface area (Å²) in [5, 5.41) is 35.6. The van der Waals surface area contributed by atoms with E-state index in [9.17, 15) is 0 Å². The zero-order valence-electron chi connectivity index (χ0n) is 13.9. The minimum Gasteiger partial charge on any atom is -0.370 e. The minimum absolute atomic E-state index is 0.227. The number of hydrogen-bond acceptors (Lipinski definition) is 6. The standard InChI is InChI=1S/C12H30N12/c13-9(14)23(10(15)16)7-1-3-21-5-6-22-4-2-8-24(11(17)18)12(19)20/h21-22H,1-8H2,(H3,13,14)(H3,15,16)(H3,17,18)(H3,19,20). The van der Waals surface area contributed by atoms with E-state index >= 15 is 0 Å². The molecule has 0 heterocycles. The summed E-state index contributed by atoms with van der Waals surface area (Å²) in [6, 6.07) is 0. The van der Waals surface area contributed by atoms with Gasteiger partial charge in [0.05, 0.1) is 0 Å². The van der Waals surface area contributed by atoms with Crippen molar-refractivity contribution < 1.29 is 0 Å². The quantitative estimate of drug-likeness (QED) is 0.106. The van der Waals surface area contributed by atoms with Gasteiger partial charge in [-0.3, -0.25) is 31.4 Å². The smallest absolute Gasteiger partial charge is 0.195 e. The first-order valence-electron chi connectivity index (χ1n) is 7.60. The van der Waals surface area contributed by atoms with Crippen molar-refractivity contribution in [1.82, 2.24) is 20.4 Å². The molecule has 0 bridgehead atoms. The maximum atomic E-state index is 7.28. The average molecular weight is 342 g/mol. The van der Waals surface area contributed by atoms with Crippen LogP contribution in [0.5, 0.6) is 0 Å². The molecule has 0 aliphatic heterocycles. The Bertz CT molecular complexity index is 366. The summed E-state index contributed by atoms with van der Waals surface area (Å²) in [5.74, 6) is -0.910. The average Bonchev–Trinajstić information content (AvgIpc) is 2.46. The van der Waals surface area contributed by atoms with Crippen molar-refractivity contribution in [1.29, 1.82) is 21.6 Å². The Kier molecular flexibility index (Phi) is 10.6. The van der Waals surface area contributed by atoms with Gasteiger partial charge in [0.2, 0.25) is 0 Å². The second-order valence-electron chi connectivity index (χ2n) is 5.05. The molecule has 138 valence electrons. The van der Waals surface area contributed by atoms with Crippen molar-refractivity contribution in [3.63, 3.8) is 0 Å². The lowest BCUT2D eigenvalue weighted by Gasteiger charge is -2.20. The molecule has 0 atom stereocenters. The number of hydrogen-bond donors (Lipinski definition) is 10. The zero-order valence-corrected chi connectivity index (χ0v) is 13.9. The lowest BCUT2D eigenvalue weighted by atomic mass is 10.3. The molecule has 0 fully saturated rings. The molecule has 0 radical (unpaired) electrons. The molecule has 0 aromatic rings. The van der Waals surface area contributed by atoms with Crippen LogP contribution in [0.4, 0.5) is 0 Å². The summed E-state index contributed by atoms with van der Waals surface area (Å²) in [6.07, 6.45) is 1.43. The summed E-state index contributed by atoms with van der Waals surface area (Å²) in [4.78, 5) is 2.46. The maximum Gasteiger partial charge on any atom is 0.195 e. The Morgan fingerprint density at radius 3 is 1.12 bits per heavy atom. The minimum atomic E-state index is -0.227. The van der Waals surface area contributed by atoms with E-state index in [1.807, 2.05) is 0 Å². The lowest BCUT2D eigenvalue weighted by Crippen LogP contribution is -2.46.